The Morgan fingerprint density at radius 3 is 1.13 bits per heavy atom. The van der Waals surface area contributed by atoms with Crippen LogP contribution in [0.5, 0.6) is 0 Å². The van der Waals surface area contributed by atoms with Gasteiger partial charge in [0.1, 0.15) is 0 Å². The third kappa shape index (κ3) is 13.4. The Bertz CT molecular complexity index is 4820. The standard InChI is InChI=1S/C76H67F9N12O6/c1-7-48-24-18-21-33-58(48)89(49(8-2)36-37-53-63(74(77,78)79)86-95(66(53)98)50-25-12-9-13-26-50)42-45-92-69(101)93(46-43-90-59-34-22-19-31-56(59)72(3,4)61(90)40-38-54-64(75(80,81)82)87-96(67(54)99)51-27-14-10-15-28-51)71(103)94(70(92)102)47-44-91-60-35-23-20-32-57(60)73(5,6)62(91)41-39-55-65(76(83,84)85)88-97(68(55)100)52-29-16-11-17-30-52/h9-41H,7-8,42-47H2,1-6H3/b49-36+,53-37-,54-38-,55-39-,61-40+,62-41+. The first-order valence-corrected chi connectivity index (χ1v) is 32.9. The minimum absolute atomic E-state index is 0.0811. The maximum Gasteiger partial charge on any atom is 0.435 e. The van der Waals surface area contributed by atoms with Crippen molar-refractivity contribution in [3.05, 3.63) is 282 Å². The second kappa shape index (κ2) is 27.7. The van der Waals surface area contributed by atoms with E-state index >= 15 is 14.4 Å². The van der Waals surface area contributed by atoms with E-state index in [1.54, 1.807) is 134 Å². The largest absolute Gasteiger partial charge is 0.435 e. The molecule has 5 aliphatic rings. The fraction of sp³-hybridized carbons (Fsp3) is 0.250. The summed E-state index contributed by atoms with van der Waals surface area (Å²) in [5.41, 5.74) is -7.13. The number of benzene rings is 6. The molecule has 0 bridgehead atoms. The summed E-state index contributed by atoms with van der Waals surface area (Å²) in [7, 11) is 0. The van der Waals surface area contributed by atoms with E-state index in [1.165, 1.54) is 91.0 Å². The van der Waals surface area contributed by atoms with Gasteiger partial charge in [-0.15, -0.1) is 0 Å². The van der Waals surface area contributed by atoms with Crippen molar-refractivity contribution in [1.82, 2.24) is 13.7 Å². The van der Waals surface area contributed by atoms with Crippen LogP contribution in [0.3, 0.4) is 0 Å². The molecule has 12 rings (SSSR count). The molecule has 7 aromatic rings. The van der Waals surface area contributed by atoms with Crippen LogP contribution in [0.4, 0.5) is 73.6 Å². The molecule has 0 atom stereocenters. The zero-order valence-corrected chi connectivity index (χ0v) is 56.4. The van der Waals surface area contributed by atoms with Gasteiger partial charge in [-0.25, -0.2) is 28.1 Å². The molecule has 5 aliphatic heterocycles. The lowest BCUT2D eigenvalue weighted by atomic mass is 9.83. The molecule has 0 aliphatic carbocycles. The number of carbonyl (C=O) groups is 3. The SMILES string of the molecule is CC/C(=C\C=C1/C(=O)N(c2ccccc2)N=C1C(F)(F)F)N(CCn1c(=O)n(CCN2/C(=C/C=C3\C(=O)N(c4ccccc4)N=C3C(F)(F)F)C(C)(C)c3ccccc32)c(=O)n(CCN2/C(=C/C=C3\C(=O)N(c4ccccc4)N=C3C(F)(F)F)C(C)(C)c3ccccc32)c1=O)c1ccccc1CC. The molecule has 27 heteroatoms. The van der Waals surface area contributed by atoms with Crippen molar-refractivity contribution in [2.75, 3.05) is 49.4 Å². The van der Waals surface area contributed by atoms with E-state index in [-0.39, 0.29) is 43.1 Å². The van der Waals surface area contributed by atoms with E-state index in [1.807, 2.05) is 13.0 Å². The molecule has 0 radical (unpaired) electrons. The van der Waals surface area contributed by atoms with Crippen LogP contribution in [0, 0.1) is 0 Å². The minimum Gasteiger partial charge on any atom is -0.343 e. The molecular weight excluding hydrogens is 1350 g/mol. The molecule has 1 aromatic heterocycles. The number of hydrazone groups is 3. The van der Waals surface area contributed by atoms with E-state index in [2.05, 4.69) is 15.3 Å². The van der Waals surface area contributed by atoms with E-state index in [0.717, 1.165) is 37.5 Å². The zero-order valence-electron chi connectivity index (χ0n) is 56.4. The van der Waals surface area contributed by atoms with Gasteiger partial charge in [-0.05, 0) is 121 Å². The number of halogens is 9. The summed E-state index contributed by atoms with van der Waals surface area (Å²) < 4.78 is 136. The Kier molecular flexibility index (Phi) is 19.2. The number of fused-ring (bicyclic) bond motifs is 2. The number of alkyl halides is 9. The molecule has 6 heterocycles. The molecule has 0 unspecified atom stereocenters. The molecule has 0 spiro atoms. The second-order valence-electron chi connectivity index (χ2n) is 25.6. The molecule has 6 aromatic carbocycles. The number of rotatable bonds is 19. The van der Waals surface area contributed by atoms with Crippen LogP contribution in [0.1, 0.15) is 64.7 Å². The molecule has 3 amide bonds. The summed E-state index contributed by atoms with van der Waals surface area (Å²) in [6, 6.07) is 43.7. The first kappa shape index (κ1) is 71.2. The number of aryl methyl sites for hydroxylation is 1. The van der Waals surface area contributed by atoms with Crippen LogP contribution in [-0.2, 0) is 51.3 Å². The first-order chi connectivity index (χ1) is 49.0. The summed E-state index contributed by atoms with van der Waals surface area (Å²) in [6.45, 7) is 8.49. The lowest BCUT2D eigenvalue weighted by Crippen LogP contribution is -2.56. The third-order valence-electron chi connectivity index (χ3n) is 18.7. The number of carbonyl (C=O) groups excluding carboxylic acids is 3. The van der Waals surface area contributed by atoms with E-state index in [4.69, 9.17) is 0 Å². The Hall–Kier alpha value is -11.6. The number of hydrogen-bond donors (Lipinski definition) is 0. The van der Waals surface area contributed by atoms with Gasteiger partial charge in [0.05, 0.1) is 53.4 Å². The number of para-hydroxylation sites is 6. The van der Waals surface area contributed by atoms with Gasteiger partial charge in [0.25, 0.3) is 17.7 Å². The van der Waals surface area contributed by atoms with Crippen LogP contribution < -0.4 is 46.8 Å². The van der Waals surface area contributed by atoms with Gasteiger partial charge in [0.15, 0.2) is 17.1 Å². The normalized spacial score (nSPS) is 18.7. The lowest BCUT2D eigenvalue weighted by Gasteiger charge is -2.30. The topological polar surface area (TPSA) is 174 Å². The maximum atomic E-state index is 15.5. The summed E-state index contributed by atoms with van der Waals surface area (Å²) >= 11 is 0. The van der Waals surface area contributed by atoms with Gasteiger partial charge in [-0.1, -0.05) is 151 Å². The van der Waals surface area contributed by atoms with Crippen molar-refractivity contribution in [3.63, 3.8) is 0 Å². The molecule has 0 fully saturated rings. The van der Waals surface area contributed by atoms with Crippen LogP contribution in [-0.4, -0.2) is 86.7 Å². The van der Waals surface area contributed by atoms with Gasteiger partial charge in [0.2, 0.25) is 0 Å². The number of hydrogen-bond acceptors (Lipinski definition) is 12. The predicted molar refractivity (Wildman–Crippen MR) is 377 cm³/mol. The first-order valence-electron chi connectivity index (χ1n) is 32.9. The summed E-state index contributed by atoms with van der Waals surface area (Å²) in [4.78, 5) is 93.5. The average Bonchev–Trinajstić information content (AvgIpc) is 1.59. The van der Waals surface area contributed by atoms with Gasteiger partial charge in [0, 0.05) is 64.6 Å². The lowest BCUT2D eigenvalue weighted by molar-refractivity contribution is -0.115. The summed E-state index contributed by atoms with van der Waals surface area (Å²) in [5.74, 6) is -3.18. The number of aromatic nitrogens is 3. The van der Waals surface area contributed by atoms with Crippen molar-refractivity contribution in [3.8, 4) is 0 Å². The average molecular weight is 1420 g/mol. The smallest absolute Gasteiger partial charge is 0.343 e. The Labute approximate surface area is 584 Å². The molecule has 0 saturated carbocycles. The number of anilines is 6. The van der Waals surface area contributed by atoms with Gasteiger partial charge < -0.3 is 14.7 Å². The maximum absolute atomic E-state index is 15.5. The molecule has 530 valence electrons. The van der Waals surface area contributed by atoms with Crippen LogP contribution in [0.15, 0.2) is 264 Å². The Morgan fingerprint density at radius 2 is 0.757 bits per heavy atom. The van der Waals surface area contributed by atoms with Crippen molar-refractivity contribution in [2.24, 2.45) is 15.3 Å². The molecule has 18 nitrogen and oxygen atoms in total. The van der Waals surface area contributed by atoms with Crippen molar-refractivity contribution >= 4 is 69.0 Å². The number of allylic oxidation sites excluding steroid dienone is 9. The van der Waals surface area contributed by atoms with Crippen molar-refractivity contribution in [2.45, 2.75) is 103 Å². The third-order valence-corrected chi connectivity index (χ3v) is 18.7. The Morgan fingerprint density at radius 1 is 0.417 bits per heavy atom. The van der Waals surface area contributed by atoms with E-state index in [0.29, 0.717) is 66.7 Å². The molecule has 0 N–H and O–H groups in total. The fourth-order valence-electron chi connectivity index (χ4n) is 13.6. The predicted octanol–water partition coefficient (Wildman–Crippen LogP) is 13.6. The Balaban J connectivity index is 0.969. The number of amides is 3. The molecular formula is C76H67F9N12O6. The minimum atomic E-state index is -5.08. The van der Waals surface area contributed by atoms with Gasteiger partial charge in [-0.2, -0.15) is 69.8 Å². The van der Waals surface area contributed by atoms with Crippen LogP contribution >= 0.6 is 0 Å². The highest BCUT2D eigenvalue weighted by molar-refractivity contribution is 6.33. The second-order valence-corrected chi connectivity index (χ2v) is 25.6. The molecule has 0 saturated heterocycles. The quantitative estimate of drug-likeness (QED) is 0.0564. The van der Waals surface area contributed by atoms with Crippen molar-refractivity contribution < 1.29 is 53.9 Å². The molecule has 103 heavy (non-hydrogen) atoms. The zero-order chi connectivity index (χ0) is 73.7. The number of nitrogens with zero attached hydrogens (tertiary/aromatic N) is 12. The van der Waals surface area contributed by atoms with Gasteiger partial charge >= 0.3 is 35.6 Å². The van der Waals surface area contributed by atoms with E-state index < -0.39 is 118 Å². The summed E-state index contributed by atoms with van der Waals surface area (Å²) in [6.07, 6.45) is -7.59. The van der Waals surface area contributed by atoms with E-state index in [9.17, 15) is 53.9 Å². The highest BCUT2D eigenvalue weighted by Crippen LogP contribution is 2.50. The van der Waals surface area contributed by atoms with Crippen LogP contribution in [0.2, 0.25) is 0 Å². The fourth-order valence-corrected chi connectivity index (χ4v) is 13.6. The summed E-state index contributed by atoms with van der Waals surface area (Å²) in [5, 5.41) is 13.1. The monoisotopic (exact) mass is 1410 g/mol. The van der Waals surface area contributed by atoms with Crippen molar-refractivity contribution in [1.29, 1.82) is 0 Å². The van der Waals surface area contributed by atoms with Gasteiger partial charge in [-0.3, -0.25) is 14.4 Å². The van der Waals surface area contributed by atoms with Crippen LogP contribution in [0.25, 0.3) is 0 Å². The highest BCUT2D eigenvalue weighted by atomic mass is 19.4. The highest BCUT2D eigenvalue weighted by Gasteiger charge is 2.50.